The Morgan fingerprint density at radius 3 is 2.86 bits per heavy atom. The monoisotopic (exact) mass is 256 g/mol. The fraction of sp³-hybridized carbons (Fsp3) is 0.667. The zero-order chi connectivity index (χ0) is 9.64. The van der Waals surface area contributed by atoms with E-state index in [0.29, 0.717) is 11.6 Å². The van der Waals surface area contributed by atoms with E-state index in [1.54, 1.807) is 6.92 Å². The van der Waals surface area contributed by atoms with Crippen molar-refractivity contribution in [2.24, 2.45) is 0 Å². The van der Waals surface area contributed by atoms with Gasteiger partial charge in [0, 0.05) is 5.75 Å². The van der Waals surface area contributed by atoms with Crippen LogP contribution in [-0.2, 0) is 10.0 Å². The highest BCUT2D eigenvalue weighted by molar-refractivity contribution is 8.15. The van der Waals surface area contributed by atoms with E-state index in [0.717, 1.165) is 5.75 Å². The molecule has 2 rings (SSSR count). The summed E-state index contributed by atoms with van der Waals surface area (Å²) in [6.07, 6.45) is 0. The number of nitrogens with zero attached hydrogens (tertiary/aromatic N) is 1. The molecule has 0 aliphatic carbocycles. The van der Waals surface area contributed by atoms with Gasteiger partial charge in [0.2, 0.25) is 0 Å². The van der Waals surface area contributed by atoms with Crippen LogP contribution in [0.1, 0.15) is 6.92 Å². The normalized spacial score (nSPS) is 29.2. The van der Waals surface area contributed by atoms with Gasteiger partial charge in [-0.05, 0) is 6.92 Å². The lowest BCUT2D eigenvalue weighted by Gasteiger charge is -2.14. The first-order valence-electron chi connectivity index (χ1n) is 3.85. The third-order valence-electron chi connectivity index (χ3n) is 2.12. The van der Waals surface area contributed by atoms with Crippen LogP contribution in [0.5, 0.6) is 0 Å². The number of hydrogen-bond donors (Lipinski definition) is 1. The Bertz CT molecular complexity index is 403. The van der Waals surface area contributed by atoms with Gasteiger partial charge in [0.15, 0.2) is 10.3 Å². The van der Waals surface area contributed by atoms with Crippen molar-refractivity contribution < 1.29 is 30.2 Å². The second kappa shape index (κ2) is 3.71. The first kappa shape index (κ1) is 11.8. The standard InChI is InChI=1S/C6H8N2O3S2.ClH/c1-4-5-8(2-3-12-5)6(9)7-13(4,10)11;/h4H,2-3H2,1H3;1H. The number of carbonyl (C=O) groups excluding carboxylic acids is 1. The van der Waals surface area contributed by atoms with Gasteiger partial charge in [-0.2, -0.15) is 17.8 Å². The summed E-state index contributed by atoms with van der Waals surface area (Å²) < 4.78 is 26.2. The van der Waals surface area contributed by atoms with Crippen LogP contribution >= 0.6 is 11.8 Å². The summed E-state index contributed by atoms with van der Waals surface area (Å²) in [5, 5.41) is 0.0569. The van der Waals surface area contributed by atoms with Crippen molar-refractivity contribution in [1.29, 1.82) is 0 Å². The predicted molar refractivity (Wildman–Crippen MR) is 49.5 cm³/mol. The number of hydrogen-bond acceptors (Lipinski definition) is 4. The minimum absolute atomic E-state index is 0. The van der Waals surface area contributed by atoms with Crippen LogP contribution in [0.25, 0.3) is 0 Å². The fourth-order valence-electron chi connectivity index (χ4n) is 1.37. The molecule has 14 heavy (non-hydrogen) atoms. The highest BCUT2D eigenvalue weighted by Crippen LogP contribution is 2.21. The van der Waals surface area contributed by atoms with Gasteiger partial charge in [-0.15, -0.1) is 4.72 Å². The Morgan fingerprint density at radius 1 is 1.57 bits per heavy atom. The third-order valence-corrected chi connectivity index (χ3v) is 5.14. The third kappa shape index (κ3) is 1.64. The van der Waals surface area contributed by atoms with Crippen LogP contribution in [0.15, 0.2) is 0 Å². The highest BCUT2D eigenvalue weighted by Gasteiger charge is 2.45. The van der Waals surface area contributed by atoms with E-state index in [2.05, 4.69) is 0 Å². The Balaban J connectivity index is 0.000000980. The van der Waals surface area contributed by atoms with Crippen molar-refractivity contribution in [1.82, 2.24) is 4.72 Å². The molecule has 1 N–H and O–H groups in total. The van der Waals surface area contributed by atoms with E-state index in [4.69, 9.17) is 0 Å². The van der Waals surface area contributed by atoms with Crippen molar-refractivity contribution in [2.75, 3.05) is 12.3 Å². The molecule has 0 fully saturated rings. The molecule has 0 aromatic carbocycles. The number of rotatable bonds is 0. The summed E-state index contributed by atoms with van der Waals surface area (Å²) in [6, 6.07) is -0.516. The number of carbonyl (C=O) groups is 1. The minimum Gasteiger partial charge on any atom is -1.00 e. The van der Waals surface area contributed by atoms with E-state index >= 15 is 0 Å². The summed E-state index contributed by atoms with van der Waals surface area (Å²) >= 11 is 1.44. The molecular formula is C6H9ClN2O3S2. The van der Waals surface area contributed by atoms with Crippen molar-refractivity contribution >= 4 is 32.9 Å². The van der Waals surface area contributed by atoms with Crippen LogP contribution in [0.2, 0.25) is 0 Å². The molecule has 1 atom stereocenters. The van der Waals surface area contributed by atoms with Gasteiger partial charge in [-0.1, -0.05) is 11.8 Å². The molecule has 0 spiro atoms. The van der Waals surface area contributed by atoms with Gasteiger partial charge >= 0.3 is 16.1 Å². The Labute approximate surface area is 92.4 Å². The molecule has 0 aromatic rings. The number of nitrogens with one attached hydrogen (secondary N) is 1. The molecule has 0 aromatic heterocycles. The number of amides is 2. The van der Waals surface area contributed by atoms with Gasteiger partial charge in [0.1, 0.15) is 6.54 Å². The average molecular weight is 257 g/mol. The molecule has 80 valence electrons. The van der Waals surface area contributed by atoms with Gasteiger partial charge in [-0.25, -0.2) is 0 Å². The smallest absolute Gasteiger partial charge is 0.507 e. The lowest BCUT2D eigenvalue weighted by Crippen LogP contribution is -3.00. The number of halogens is 1. The first-order chi connectivity index (χ1) is 6.02. The van der Waals surface area contributed by atoms with Crippen LogP contribution in [0.3, 0.4) is 0 Å². The lowest BCUT2D eigenvalue weighted by molar-refractivity contribution is -0.417. The number of thioether (sulfide) groups is 1. The minimum atomic E-state index is -3.46. The van der Waals surface area contributed by atoms with Crippen molar-refractivity contribution in [3.05, 3.63) is 0 Å². The molecule has 2 amide bonds. The van der Waals surface area contributed by atoms with E-state index in [1.807, 2.05) is 4.72 Å². The van der Waals surface area contributed by atoms with Crippen LogP contribution in [0, 0.1) is 0 Å². The number of sulfonamides is 1. The molecule has 0 saturated carbocycles. The summed E-state index contributed by atoms with van der Waals surface area (Å²) in [7, 11) is -3.46. The summed E-state index contributed by atoms with van der Waals surface area (Å²) in [5.41, 5.74) is 0. The highest BCUT2D eigenvalue weighted by atomic mass is 35.5. The maximum atomic E-state index is 11.3. The molecule has 1 unspecified atom stereocenters. The molecule has 0 radical (unpaired) electrons. The number of urea groups is 1. The summed E-state index contributed by atoms with van der Waals surface area (Å²) in [5.74, 6) is 0.780. The van der Waals surface area contributed by atoms with E-state index in [1.165, 1.54) is 16.3 Å². The van der Waals surface area contributed by atoms with Gasteiger partial charge in [0.05, 0.1) is 0 Å². The SMILES string of the molecule is CC1C2=[N+](CCS2)C(=O)NS1(=O)=O.[Cl-]. The van der Waals surface area contributed by atoms with Gasteiger partial charge in [-0.3, -0.25) is 0 Å². The molecule has 8 heteroatoms. The van der Waals surface area contributed by atoms with Crippen molar-refractivity contribution in [2.45, 2.75) is 12.2 Å². The maximum Gasteiger partial charge on any atom is 0.507 e. The van der Waals surface area contributed by atoms with Crippen molar-refractivity contribution in [3.8, 4) is 0 Å². The molecule has 2 heterocycles. The molecule has 2 aliphatic heterocycles. The zero-order valence-electron chi connectivity index (χ0n) is 7.36. The summed E-state index contributed by atoms with van der Waals surface area (Å²) in [6.45, 7) is 2.20. The van der Waals surface area contributed by atoms with E-state index in [9.17, 15) is 13.2 Å². The molecule has 0 bridgehead atoms. The van der Waals surface area contributed by atoms with Crippen molar-refractivity contribution in [3.63, 3.8) is 0 Å². The van der Waals surface area contributed by atoms with Crippen LogP contribution in [0.4, 0.5) is 4.79 Å². The predicted octanol–water partition coefficient (Wildman–Crippen LogP) is -3.41. The maximum absolute atomic E-state index is 11.3. The average Bonchev–Trinajstić information content (AvgIpc) is 2.47. The Kier molecular flexibility index (Phi) is 3.13. The second-order valence-corrected chi connectivity index (χ2v) is 6.05. The van der Waals surface area contributed by atoms with Gasteiger partial charge in [0.25, 0.3) is 0 Å². The second-order valence-electron chi connectivity index (χ2n) is 2.93. The van der Waals surface area contributed by atoms with E-state index in [-0.39, 0.29) is 12.4 Å². The topological polar surface area (TPSA) is 66.2 Å². The summed E-state index contributed by atoms with van der Waals surface area (Å²) in [4.78, 5) is 11.2. The Hall–Kier alpha value is -0.270. The zero-order valence-corrected chi connectivity index (χ0v) is 9.75. The largest absolute Gasteiger partial charge is 1.00 e. The molecular weight excluding hydrogens is 248 g/mol. The first-order valence-corrected chi connectivity index (χ1v) is 6.38. The molecule has 5 nitrogen and oxygen atoms in total. The Morgan fingerprint density at radius 2 is 2.21 bits per heavy atom. The van der Waals surface area contributed by atoms with Crippen LogP contribution < -0.4 is 17.1 Å². The fourth-order valence-corrected chi connectivity index (χ4v) is 3.92. The van der Waals surface area contributed by atoms with Crippen LogP contribution in [-0.4, -0.2) is 41.6 Å². The lowest BCUT2D eigenvalue weighted by atomic mass is 10.5. The molecule has 0 saturated heterocycles. The quantitative estimate of drug-likeness (QED) is 0.459. The molecule has 2 aliphatic rings. The van der Waals surface area contributed by atoms with E-state index < -0.39 is 21.3 Å². The van der Waals surface area contributed by atoms with Gasteiger partial charge < -0.3 is 12.4 Å².